The number of hydrogen-bond donors (Lipinski definition) is 1. The van der Waals surface area contributed by atoms with E-state index in [4.69, 9.17) is 21.1 Å². The van der Waals surface area contributed by atoms with Gasteiger partial charge in [-0.1, -0.05) is 17.7 Å². The first kappa shape index (κ1) is 23.2. The fraction of sp³-hybridized carbons (Fsp3) is 0.696. The number of likely N-dealkylation sites (tertiary alicyclic amines) is 1. The molecule has 0 radical (unpaired) electrons. The molecule has 30 heavy (non-hydrogen) atoms. The van der Waals surface area contributed by atoms with Crippen LogP contribution in [0.2, 0.25) is 5.02 Å². The first-order valence-electron chi connectivity index (χ1n) is 11.2. The van der Waals surface area contributed by atoms with Crippen molar-refractivity contribution in [1.29, 1.82) is 0 Å². The lowest BCUT2D eigenvalue weighted by Gasteiger charge is -2.34. The van der Waals surface area contributed by atoms with E-state index in [1.54, 1.807) is 7.11 Å². The summed E-state index contributed by atoms with van der Waals surface area (Å²) < 4.78 is 11.1. The second-order valence-electron chi connectivity index (χ2n) is 8.36. The third kappa shape index (κ3) is 6.50. The molecule has 0 bridgehead atoms. The number of halogens is 1. The van der Waals surface area contributed by atoms with Gasteiger partial charge < -0.3 is 24.6 Å². The van der Waals surface area contributed by atoms with Crippen LogP contribution in [0.5, 0.6) is 0 Å². The number of piperidine rings is 1. The minimum absolute atomic E-state index is 0.362. The van der Waals surface area contributed by atoms with E-state index >= 15 is 0 Å². The first-order valence-corrected chi connectivity index (χ1v) is 11.6. The lowest BCUT2D eigenvalue weighted by molar-refractivity contribution is 0.00989. The summed E-state index contributed by atoms with van der Waals surface area (Å²) in [6.45, 7) is 8.79. The van der Waals surface area contributed by atoms with E-state index < -0.39 is 0 Å². The summed E-state index contributed by atoms with van der Waals surface area (Å²) in [5.74, 6) is 1.63. The molecule has 1 N–H and O–H groups in total. The number of rotatable bonds is 8. The lowest BCUT2D eigenvalue weighted by Crippen LogP contribution is -2.48. The molecule has 0 saturated carbocycles. The molecule has 1 aromatic rings. The van der Waals surface area contributed by atoms with Gasteiger partial charge in [0.2, 0.25) is 0 Å². The molecule has 0 aliphatic carbocycles. The van der Waals surface area contributed by atoms with Crippen molar-refractivity contribution < 1.29 is 9.47 Å². The molecule has 2 aliphatic rings. The molecule has 7 heteroatoms. The van der Waals surface area contributed by atoms with E-state index in [0.717, 1.165) is 76.2 Å². The summed E-state index contributed by atoms with van der Waals surface area (Å²) in [4.78, 5) is 9.36. The Hall–Kier alpha value is -1.50. The van der Waals surface area contributed by atoms with Gasteiger partial charge in [-0.25, -0.2) is 0 Å². The van der Waals surface area contributed by atoms with Gasteiger partial charge in [-0.15, -0.1) is 0 Å². The minimum atomic E-state index is 0.362. The Morgan fingerprint density at radius 1 is 1.20 bits per heavy atom. The summed E-state index contributed by atoms with van der Waals surface area (Å²) >= 11 is 6.22. The van der Waals surface area contributed by atoms with E-state index in [0.29, 0.717) is 12.0 Å². The van der Waals surface area contributed by atoms with Gasteiger partial charge in [0.1, 0.15) is 0 Å². The predicted molar refractivity (Wildman–Crippen MR) is 125 cm³/mol. The molecule has 2 saturated heterocycles. The van der Waals surface area contributed by atoms with Crippen molar-refractivity contribution in [2.24, 2.45) is 10.9 Å². The summed E-state index contributed by atoms with van der Waals surface area (Å²) in [7, 11) is 3.62. The van der Waals surface area contributed by atoms with Gasteiger partial charge in [-0.05, 0) is 56.2 Å². The summed E-state index contributed by atoms with van der Waals surface area (Å²) in [6.07, 6.45) is 4.62. The smallest absolute Gasteiger partial charge is 0.193 e. The predicted octanol–water partition coefficient (Wildman–Crippen LogP) is 3.57. The second-order valence-corrected chi connectivity index (χ2v) is 8.80. The van der Waals surface area contributed by atoms with Crippen LogP contribution >= 0.6 is 11.6 Å². The molecule has 168 valence electrons. The number of ether oxygens (including phenoxy) is 2. The van der Waals surface area contributed by atoms with Gasteiger partial charge in [0, 0.05) is 70.8 Å². The first-order chi connectivity index (χ1) is 14.6. The van der Waals surface area contributed by atoms with Crippen molar-refractivity contribution >= 4 is 23.2 Å². The molecule has 1 unspecified atom stereocenters. The monoisotopic (exact) mass is 436 g/mol. The average Bonchev–Trinajstić information content (AvgIpc) is 3.23. The molecule has 0 amide bonds. The van der Waals surface area contributed by atoms with Crippen LogP contribution in [0, 0.1) is 12.8 Å². The maximum Gasteiger partial charge on any atom is 0.193 e. The highest BCUT2D eigenvalue weighted by Gasteiger charge is 2.26. The van der Waals surface area contributed by atoms with Gasteiger partial charge in [0.15, 0.2) is 5.96 Å². The van der Waals surface area contributed by atoms with Crippen LogP contribution in [0.3, 0.4) is 0 Å². The van der Waals surface area contributed by atoms with Gasteiger partial charge in [-0.2, -0.15) is 0 Å². The van der Waals surface area contributed by atoms with E-state index in [1.165, 1.54) is 17.7 Å². The van der Waals surface area contributed by atoms with Crippen LogP contribution < -0.4 is 10.2 Å². The minimum Gasteiger partial charge on any atom is -0.385 e. The second kappa shape index (κ2) is 11.8. The number of aliphatic imine (C=N–C) groups is 1. The maximum atomic E-state index is 6.22. The lowest BCUT2D eigenvalue weighted by atomic mass is 10.1. The molecule has 0 spiro atoms. The van der Waals surface area contributed by atoms with E-state index in [2.05, 4.69) is 39.2 Å². The van der Waals surface area contributed by atoms with Gasteiger partial charge >= 0.3 is 0 Å². The number of benzene rings is 1. The van der Waals surface area contributed by atoms with Crippen LogP contribution in [0.1, 0.15) is 31.2 Å². The molecule has 1 atom stereocenters. The number of aryl methyl sites for hydroxylation is 1. The topological polar surface area (TPSA) is 49.3 Å². The van der Waals surface area contributed by atoms with E-state index in [9.17, 15) is 0 Å². The van der Waals surface area contributed by atoms with E-state index in [1.807, 2.05) is 13.1 Å². The number of nitrogens with zero attached hydrogens (tertiary/aromatic N) is 3. The molecular weight excluding hydrogens is 400 g/mol. The quantitative estimate of drug-likeness (QED) is 0.383. The molecule has 2 fully saturated rings. The molecule has 1 aromatic carbocycles. The fourth-order valence-corrected chi connectivity index (χ4v) is 4.56. The molecular formula is C23H37ClN4O2. The molecule has 2 heterocycles. The standard InChI is InChI=1S/C23H37ClN4O2/c1-18-5-6-20(24)15-22(18)28-10-7-19(17-28)16-26-23(25-2)27-11-8-21(9-12-27)30-14-4-13-29-3/h5-6,15,19,21H,4,7-14,16-17H2,1-3H3,(H,25,26). The summed E-state index contributed by atoms with van der Waals surface area (Å²) in [5.41, 5.74) is 2.55. The molecule has 3 rings (SSSR count). The van der Waals surface area contributed by atoms with Crippen LogP contribution in [-0.2, 0) is 9.47 Å². The molecule has 2 aliphatic heterocycles. The van der Waals surface area contributed by atoms with Crippen molar-refractivity contribution in [1.82, 2.24) is 10.2 Å². The summed E-state index contributed by atoms with van der Waals surface area (Å²) in [5, 5.41) is 4.43. The van der Waals surface area contributed by atoms with Crippen molar-refractivity contribution in [3.05, 3.63) is 28.8 Å². The Balaban J connectivity index is 1.40. The number of methoxy groups -OCH3 is 1. The SMILES string of the molecule is CN=C(NCC1CCN(c2cc(Cl)ccc2C)C1)N1CCC(OCCCOC)CC1. The summed E-state index contributed by atoms with van der Waals surface area (Å²) in [6, 6.07) is 6.16. The van der Waals surface area contributed by atoms with Crippen molar-refractivity contribution in [3.8, 4) is 0 Å². The van der Waals surface area contributed by atoms with Crippen molar-refractivity contribution in [3.63, 3.8) is 0 Å². The zero-order valence-corrected chi connectivity index (χ0v) is 19.5. The molecule has 6 nitrogen and oxygen atoms in total. The van der Waals surface area contributed by atoms with Crippen LogP contribution in [0.25, 0.3) is 0 Å². The van der Waals surface area contributed by atoms with Gasteiger partial charge in [0.25, 0.3) is 0 Å². The van der Waals surface area contributed by atoms with Gasteiger partial charge in [0.05, 0.1) is 6.10 Å². The Kier molecular flexibility index (Phi) is 9.09. The fourth-order valence-electron chi connectivity index (χ4n) is 4.40. The highest BCUT2D eigenvalue weighted by molar-refractivity contribution is 6.30. The third-order valence-electron chi connectivity index (χ3n) is 6.15. The van der Waals surface area contributed by atoms with E-state index in [-0.39, 0.29) is 0 Å². The highest BCUT2D eigenvalue weighted by Crippen LogP contribution is 2.29. The van der Waals surface area contributed by atoms with Gasteiger partial charge in [-0.3, -0.25) is 4.99 Å². The number of guanidine groups is 1. The third-order valence-corrected chi connectivity index (χ3v) is 6.38. The largest absolute Gasteiger partial charge is 0.385 e. The highest BCUT2D eigenvalue weighted by atomic mass is 35.5. The zero-order valence-electron chi connectivity index (χ0n) is 18.7. The Morgan fingerprint density at radius 3 is 2.73 bits per heavy atom. The van der Waals surface area contributed by atoms with Crippen molar-refractivity contribution in [2.75, 3.05) is 65.0 Å². The maximum absolute atomic E-state index is 6.22. The average molecular weight is 437 g/mol. The number of nitrogens with one attached hydrogen (secondary N) is 1. The zero-order chi connectivity index (χ0) is 21.3. The normalized spacial score (nSPS) is 20.8. The number of hydrogen-bond acceptors (Lipinski definition) is 4. The van der Waals surface area contributed by atoms with Crippen molar-refractivity contribution in [2.45, 2.75) is 38.7 Å². The molecule has 0 aromatic heterocycles. The van der Waals surface area contributed by atoms with Crippen LogP contribution in [0.4, 0.5) is 5.69 Å². The van der Waals surface area contributed by atoms with Crippen LogP contribution in [-0.4, -0.2) is 77.1 Å². The Bertz CT molecular complexity index is 692. The Morgan fingerprint density at radius 2 is 2.00 bits per heavy atom. The Labute approximate surface area is 186 Å². The number of anilines is 1. The van der Waals surface area contributed by atoms with Crippen LogP contribution in [0.15, 0.2) is 23.2 Å².